The van der Waals surface area contributed by atoms with Crippen LogP contribution in [-0.2, 0) is 19.2 Å². The van der Waals surface area contributed by atoms with Crippen LogP contribution in [0.2, 0.25) is 0 Å². The lowest BCUT2D eigenvalue weighted by atomic mass is 10.1. The number of rotatable bonds is 3. The molecular formula is C4F12O4S. The lowest BCUT2D eigenvalue weighted by Crippen LogP contribution is -2.59. The molecule has 0 unspecified atom stereocenters. The predicted octanol–water partition coefficient (Wildman–Crippen LogP) is 3.41. The van der Waals surface area contributed by atoms with Crippen molar-refractivity contribution < 1.29 is 70.1 Å². The van der Waals surface area contributed by atoms with E-state index in [0.29, 0.717) is 0 Å². The summed E-state index contributed by atoms with van der Waals surface area (Å²) in [5.41, 5.74) is 0. The Morgan fingerprint density at radius 3 is 0.810 bits per heavy atom. The van der Waals surface area contributed by atoms with Crippen molar-refractivity contribution in [3.05, 3.63) is 0 Å². The van der Waals surface area contributed by atoms with Crippen molar-refractivity contribution in [1.29, 1.82) is 0 Å². The van der Waals surface area contributed by atoms with E-state index < -0.39 is 34.6 Å². The van der Waals surface area contributed by atoms with Gasteiger partial charge in [0.2, 0.25) is 0 Å². The highest BCUT2D eigenvalue weighted by molar-refractivity contribution is 7.81. The second-order valence-electron chi connectivity index (χ2n) is 2.68. The quantitative estimate of drug-likeness (QED) is 0.713. The van der Waals surface area contributed by atoms with Crippen molar-refractivity contribution in [2.45, 2.75) is 24.2 Å². The third-order valence-electron chi connectivity index (χ3n) is 1.26. The highest BCUT2D eigenvalue weighted by atomic mass is 32.3. The van der Waals surface area contributed by atoms with E-state index in [9.17, 15) is 61.4 Å². The summed E-state index contributed by atoms with van der Waals surface area (Å²) in [5, 5.41) is 0. The molecular weight excluding hydrogens is 372 g/mol. The van der Waals surface area contributed by atoms with Crippen molar-refractivity contribution in [1.82, 2.24) is 0 Å². The maximum absolute atomic E-state index is 11.6. The molecule has 17 heteroatoms. The molecule has 0 atom stereocenters. The summed E-state index contributed by atoms with van der Waals surface area (Å²) >= 11 is 0. The molecule has 0 aliphatic rings. The van der Waals surface area contributed by atoms with E-state index in [-0.39, 0.29) is 0 Å². The molecule has 0 aliphatic carbocycles. The fourth-order valence-corrected chi connectivity index (χ4v) is 0.385. The van der Waals surface area contributed by atoms with Gasteiger partial charge < -0.3 is 0 Å². The van der Waals surface area contributed by atoms with Crippen LogP contribution in [0.25, 0.3) is 0 Å². The Morgan fingerprint density at radius 1 is 0.571 bits per heavy atom. The van der Waals surface area contributed by atoms with Gasteiger partial charge in [-0.05, 0) is 17.8 Å². The molecule has 0 heterocycles. The standard InChI is InChI=1S/C4F10.F2O4S/c5-1(6,3(9,10)11)2(7,8)4(12,13)14;1-5-7(3,4)6-2. The Kier molecular flexibility index (Phi) is 6.83. The molecule has 0 fully saturated rings. The van der Waals surface area contributed by atoms with Gasteiger partial charge in [-0.2, -0.15) is 52.3 Å². The van der Waals surface area contributed by atoms with Crippen LogP contribution in [0.3, 0.4) is 0 Å². The van der Waals surface area contributed by atoms with Gasteiger partial charge in [-0.1, -0.05) is 0 Å². The van der Waals surface area contributed by atoms with E-state index >= 15 is 0 Å². The van der Waals surface area contributed by atoms with Crippen LogP contribution in [0, 0.1) is 0 Å². The summed E-state index contributed by atoms with van der Waals surface area (Å²) in [6, 6.07) is 0. The summed E-state index contributed by atoms with van der Waals surface area (Å²) in [7, 11) is -4.99. The molecule has 0 radical (unpaired) electrons. The number of hydrogen-bond acceptors (Lipinski definition) is 4. The molecule has 0 bridgehead atoms. The van der Waals surface area contributed by atoms with Crippen molar-refractivity contribution in [2.75, 3.05) is 0 Å². The zero-order valence-corrected chi connectivity index (χ0v) is 9.39. The topological polar surface area (TPSA) is 52.6 Å². The van der Waals surface area contributed by atoms with Gasteiger partial charge in [0.15, 0.2) is 0 Å². The number of alkyl halides is 10. The summed E-state index contributed by atoms with van der Waals surface area (Å²) < 4.78 is 156. The maximum Gasteiger partial charge on any atom is 0.461 e. The number of halogens is 12. The monoisotopic (exact) mass is 372 g/mol. The fourth-order valence-electron chi connectivity index (χ4n) is 0.366. The summed E-state index contributed by atoms with van der Waals surface area (Å²) in [6.45, 7) is 0. The minimum atomic E-state index is -7.14. The second kappa shape index (κ2) is 6.42. The predicted molar refractivity (Wildman–Crippen MR) is 35.3 cm³/mol. The van der Waals surface area contributed by atoms with E-state index in [1.807, 2.05) is 8.78 Å². The molecule has 0 aromatic heterocycles. The van der Waals surface area contributed by atoms with Gasteiger partial charge in [0.1, 0.15) is 0 Å². The Bertz CT molecular complexity index is 386. The van der Waals surface area contributed by atoms with Gasteiger partial charge in [-0.25, -0.2) is 0 Å². The van der Waals surface area contributed by atoms with Crippen LogP contribution >= 0.6 is 0 Å². The van der Waals surface area contributed by atoms with E-state index in [2.05, 4.69) is 0 Å². The SMILES string of the molecule is FC(F)(F)C(F)(F)C(F)(F)C(F)(F)F.O=S(=O)(OF)OF. The molecule has 21 heavy (non-hydrogen) atoms. The minimum absolute atomic E-state index is 1.96. The normalized spacial score (nSPS) is 14.5. The third-order valence-corrected chi connectivity index (χ3v) is 1.57. The van der Waals surface area contributed by atoms with E-state index in [1.54, 1.807) is 0 Å². The molecule has 0 aromatic rings. The van der Waals surface area contributed by atoms with Crippen LogP contribution in [0.5, 0.6) is 0 Å². The lowest BCUT2D eigenvalue weighted by Gasteiger charge is -2.29. The van der Waals surface area contributed by atoms with E-state index in [0.717, 1.165) is 0 Å². The minimum Gasteiger partial charge on any atom is -0.189 e. The molecule has 130 valence electrons. The van der Waals surface area contributed by atoms with E-state index in [4.69, 9.17) is 0 Å². The first-order chi connectivity index (χ1) is 8.87. The average molecular weight is 372 g/mol. The smallest absolute Gasteiger partial charge is 0.189 e. The van der Waals surface area contributed by atoms with Gasteiger partial charge in [0.25, 0.3) is 0 Å². The zero-order chi connectivity index (χ0) is 17.9. The number of hydrogen-bond donors (Lipinski definition) is 0. The first-order valence-corrected chi connectivity index (χ1v) is 4.95. The van der Waals surface area contributed by atoms with Crippen molar-refractivity contribution in [2.24, 2.45) is 0 Å². The molecule has 0 spiro atoms. The van der Waals surface area contributed by atoms with Gasteiger partial charge in [0, 0.05) is 0 Å². The highest BCUT2D eigenvalue weighted by Crippen LogP contribution is 2.53. The van der Waals surface area contributed by atoms with Crippen molar-refractivity contribution in [3.63, 3.8) is 0 Å². The average Bonchev–Trinajstić information content (AvgIpc) is 2.26. The Hall–Kier alpha value is -0.970. The van der Waals surface area contributed by atoms with Crippen LogP contribution in [-0.4, -0.2) is 32.6 Å². The first kappa shape index (κ1) is 22.3. The van der Waals surface area contributed by atoms with Gasteiger partial charge in [-0.15, -0.1) is 0 Å². The molecule has 0 rings (SSSR count). The van der Waals surface area contributed by atoms with Crippen LogP contribution in [0.1, 0.15) is 0 Å². The van der Waals surface area contributed by atoms with Gasteiger partial charge >= 0.3 is 34.6 Å². The zero-order valence-electron chi connectivity index (χ0n) is 8.58. The van der Waals surface area contributed by atoms with Crippen molar-refractivity contribution >= 4 is 10.4 Å². The Balaban J connectivity index is 0. The van der Waals surface area contributed by atoms with Gasteiger partial charge in [0.05, 0.1) is 0 Å². The van der Waals surface area contributed by atoms with Crippen LogP contribution < -0.4 is 0 Å². The second-order valence-corrected chi connectivity index (χ2v) is 3.75. The van der Waals surface area contributed by atoms with Crippen LogP contribution in [0.15, 0.2) is 0 Å². The first-order valence-electron chi connectivity index (χ1n) is 3.62. The molecule has 0 N–H and O–H groups in total. The van der Waals surface area contributed by atoms with Crippen molar-refractivity contribution in [3.8, 4) is 0 Å². The largest absolute Gasteiger partial charge is 0.461 e. The molecule has 0 saturated carbocycles. The molecule has 0 aromatic carbocycles. The summed E-state index contributed by atoms with van der Waals surface area (Å²) in [6.07, 6.45) is -13.9. The summed E-state index contributed by atoms with van der Waals surface area (Å²) in [4.78, 5) is 0. The molecule has 4 nitrogen and oxygen atoms in total. The van der Waals surface area contributed by atoms with Crippen LogP contribution in [0.4, 0.5) is 53.0 Å². The highest BCUT2D eigenvalue weighted by Gasteiger charge is 2.82. The molecule has 0 aliphatic heterocycles. The Labute approximate surface area is 106 Å². The molecule has 0 amide bonds. The summed E-state index contributed by atoms with van der Waals surface area (Å²) in [5.74, 6) is -14.3. The fraction of sp³-hybridized carbons (Fsp3) is 1.00. The van der Waals surface area contributed by atoms with Gasteiger partial charge in [-0.3, -0.25) is 0 Å². The lowest BCUT2D eigenvalue weighted by molar-refractivity contribution is -0.419. The Morgan fingerprint density at radius 2 is 0.762 bits per heavy atom. The third kappa shape index (κ3) is 5.38. The maximum atomic E-state index is 11.6. The van der Waals surface area contributed by atoms with E-state index in [1.165, 1.54) is 0 Å². The molecule has 0 saturated heterocycles.